The van der Waals surface area contributed by atoms with Crippen LogP contribution in [0.3, 0.4) is 0 Å². The van der Waals surface area contributed by atoms with Crippen molar-refractivity contribution in [2.45, 2.75) is 31.8 Å². The van der Waals surface area contributed by atoms with Crippen LogP contribution < -0.4 is 10.5 Å². The zero-order valence-electron chi connectivity index (χ0n) is 9.69. The first-order valence-corrected chi connectivity index (χ1v) is 5.89. The number of aliphatic carboxylic acids is 1. The minimum atomic E-state index is -0.762. The molecule has 0 saturated carbocycles. The van der Waals surface area contributed by atoms with E-state index in [4.69, 9.17) is 15.6 Å². The summed E-state index contributed by atoms with van der Waals surface area (Å²) in [6.07, 6.45) is 2.75. The molecule has 1 aromatic rings. The average Bonchev–Trinajstić information content (AvgIpc) is 2.35. The number of fused-ring (bicyclic) bond motifs is 1. The maximum absolute atomic E-state index is 10.5. The van der Waals surface area contributed by atoms with E-state index < -0.39 is 5.97 Å². The summed E-state index contributed by atoms with van der Waals surface area (Å²) in [6.45, 7) is 0.542. The summed E-state index contributed by atoms with van der Waals surface area (Å²) >= 11 is 0. The predicted octanol–water partition coefficient (Wildman–Crippen LogP) is 1.36. The molecule has 1 heterocycles. The lowest BCUT2D eigenvalue weighted by Crippen LogP contribution is -2.30. The number of nitrogens with two attached hydrogens (primary N) is 1. The largest absolute Gasteiger partial charge is 0.489 e. The van der Waals surface area contributed by atoms with E-state index in [9.17, 15) is 4.79 Å². The van der Waals surface area contributed by atoms with Gasteiger partial charge in [0.2, 0.25) is 0 Å². The number of aryl methyl sites for hydroxylation is 2. The fraction of sp³-hybridized carbons (Fsp3) is 0.462. The van der Waals surface area contributed by atoms with E-state index in [1.165, 1.54) is 0 Å². The summed E-state index contributed by atoms with van der Waals surface area (Å²) in [5.41, 5.74) is 7.80. The van der Waals surface area contributed by atoms with Gasteiger partial charge in [-0.2, -0.15) is 0 Å². The third-order valence-electron chi connectivity index (χ3n) is 3.04. The molecule has 1 unspecified atom stereocenters. The van der Waals surface area contributed by atoms with Crippen molar-refractivity contribution in [1.82, 2.24) is 0 Å². The van der Waals surface area contributed by atoms with Crippen molar-refractivity contribution in [2.75, 3.05) is 6.54 Å². The van der Waals surface area contributed by atoms with E-state index >= 15 is 0 Å². The van der Waals surface area contributed by atoms with Crippen LogP contribution in [0.4, 0.5) is 0 Å². The van der Waals surface area contributed by atoms with Gasteiger partial charge in [-0.3, -0.25) is 4.79 Å². The van der Waals surface area contributed by atoms with Gasteiger partial charge < -0.3 is 15.6 Å². The standard InChI is InChI=1S/C13H17NO3/c14-8-11-4-3-10-7-9(2-6-13(15)16)1-5-12(10)17-11/h1,5,7,11H,2-4,6,8,14H2,(H,15,16). The summed E-state index contributed by atoms with van der Waals surface area (Å²) in [4.78, 5) is 10.5. The highest BCUT2D eigenvalue weighted by molar-refractivity contribution is 5.67. The van der Waals surface area contributed by atoms with Crippen molar-refractivity contribution in [1.29, 1.82) is 0 Å². The van der Waals surface area contributed by atoms with E-state index in [0.717, 1.165) is 29.7 Å². The Labute approximate surface area is 100 Å². The van der Waals surface area contributed by atoms with Crippen LogP contribution in [0.2, 0.25) is 0 Å². The second-order valence-corrected chi connectivity index (χ2v) is 4.35. The third-order valence-corrected chi connectivity index (χ3v) is 3.04. The van der Waals surface area contributed by atoms with Crippen molar-refractivity contribution in [2.24, 2.45) is 5.73 Å². The maximum atomic E-state index is 10.5. The number of carbonyl (C=O) groups is 1. The van der Waals surface area contributed by atoms with Crippen LogP contribution in [0.15, 0.2) is 18.2 Å². The third kappa shape index (κ3) is 2.97. The predicted molar refractivity (Wildman–Crippen MR) is 64.2 cm³/mol. The monoisotopic (exact) mass is 235 g/mol. The van der Waals surface area contributed by atoms with Gasteiger partial charge in [-0.05, 0) is 36.5 Å². The van der Waals surface area contributed by atoms with Crippen LogP contribution in [0.25, 0.3) is 0 Å². The van der Waals surface area contributed by atoms with Crippen LogP contribution in [-0.2, 0) is 17.6 Å². The number of carboxylic acid groups (broad SMARTS) is 1. The number of hydrogen-bond acceptors (Lipinski definition) is 3. The van der Waals surface area contributed by atoms with E-state index in [-0.39, 0.29) is 12.5 Å². The number of rotatable bonds is 4. The quantitative estimate of drug-likeness (QED) is 0.826. The Morgan fingerprint density at radius 1 is 1.53 bits per heavy atom. The lowest BCUT2D eigenvalue weighted by molar-refractivity contribution is -0.136. The fourth-order valence-electron chi connectivity index (χ4n) is 2.07. The van der Waals surface area contributed by atoms with Gasteiger partial charge in [-0.1, -0.05) is 12.1 Å². The van der Waals surface area contributed by atoms with Crippen LogP contribution in [0, 0.1) is 0 Å². The van der Waals surface area contributed by atoms with Crippen molar-refractivity contribution in [3.63, 3.8) is 0 Å². The van der Waals surface area contributed by atoms with Gasteiger partial charge in [0.25, 0.3) is 0 Å². The Morgan fingerprint density at radius 3 is 3.06 bits per heavy atom. The maximum Gasteiger partial charge on any atom is 0.303 e. The van der Waals surface area contributed by atoms with Gasteiger partial charge >= 0.3 is 5.97 Å². The second kappa shape index (κ2) is 5.19. The number of benzene rings is 1. The van der Waals surface area contributed by atoms with Gasteiger partial charge in [-0.15, -0.1) is 0 Å². The molecular weight excluding hydrogens is 218 g/mol. The molecular formula is C13H17NO3. The summed E-state index contributed by atoms with van der Waals surface area (Å²) in [5.74, 6) is 0.132. The second-order valence-electron chi connectivity index (χ2n) is 4.35. The number of ether oxygens (including phenoxy) is 1. The number of hydrogen-bond donors (Lipinski definition) is 2. The van der Waals surface area contributed by atoms with Crippen molar-refractivity contribution in [3.8, 4) is 5.75 Å². The summed E-state index contributed by atoms with van der Waals surface area (Å²) in [5, 5.41) is 8.64. The van der Waals surface area contributed by atoms with E-state index in [0.29, 0.717) is 13.0 Å². The molecule has 0 radical (unpaired) electrons. The fourth-order valence-corrected chi connectivity index (χ4v) is 2.07. The topological polar surface area (TPSA) is 72.6 Å². The molecule has 1 aliphatic rings. The molecule has 17 heavy (non-hydrogen) atoms. The van der Waals surface area contributed by atoms with Crippen LogP contribution in [0.1, 0.15) is 24.0 Å². The molecule has 0 bridgehead atoms. The lowest BCUT2D eigenvalue weighted by Gasteiger charge is -2.25. The first-order valence-electron chi connectivity index (χ1n) is 5.89. The Bertz CT molecular complexity index is 417. The first kappa shape index (κ1) is 11.9. The first-order chi connectivity index (χ1) is 8.19. The Kier molecular flexibility index (Phi) is 3.64. The lowest BCUT2D eigenvalue weighted by atomic mass is 9.98. The normalized spacial score (nSPS) is 18.3. The molecule has 0 amide bonds. The van der Waals surface area contributed by atoms with E-state index in [2.05, 4.69) is 0 Å². The van der Waals surface area contributed by atoms with Crippen molar-refractivity contribution < 1.29 is 14.6 Å². The van der Waals surface area contributed by atoms with Gasteiger partial charge in [0.1, 0.15) is 11.9 Å². The van der Waals surface area contributed by atoms with E-state index in [1.807, 2.05) is 18.2 Å². The average molecular weight is 235 g/mol. The molecule has 1 aromatic carbocycles. The summed E-state index contributed by atoms with van der Waals surface area (Å²) in [7, 11) is 0. The van der Waals surface area contributed by atoms with Crippen LogP contribution in [0.5, 0.6) is 5.75 Å². The highest BCUT2D eigenvalue weighted by Gasteiger charge is 2.18. The van der Waals surface area contributed by atoms with Crippen molar-refractivity contribution >= 4 is 5.97 Å². The molecule has 1 aliphatic heterocycles. The van der Waals surface area contributed by atoms with E-state index in [1.54, 1.807) is 0 Å². The summed E-state index contributed by atoms with van der Waals surface area (Å²) < 4.78 is 5.72. The minimum absolute atomic E-state index is 0.118. The summed E-state index contributed by atoms with van der Waals surface area (Å²) in [6, 6.07) is 5.90. The SMILES string of the molecule is NCC1CCc2cc(CCC(=O)O)ccc2O1. The minimum Gasteiger partial charge on any atom is -0.489 e. The molecule has 4 heteroatoms. The molecule has 2 rings (SSSR count). The highest BCUT2D eigenvalue weighted by atomic mass is 16.5. The van der Waals surface area contributed by atoms with Gasteiger partial charge in [0.15, 0.2) is 0 Å². The molecule has 0 aromatic heterocycles. The number of carboxylic acids is 1. The van der Waals surface area contributed by atoms with Crippen LogP contribution >= 0.6 is 0 Å². The molecule has 0 aliphatic carbocycles. The van der Waals surface area contributed by atoms with Gasteiger partial charge in [0, 0.05) is 13.0 Å². The zero-order valence-corrected chi connectivity index (χ0v) is 9.69. The Morgan fingerprint density at radius 2 is 2.35 bits per heavy atom. The van der Waals surface area contributed by atoms with Crippen molar-refractivity contribution in [3.05, 3.63) is 29.3 Å². The zero-order chi connectivity index (χ0) is 12.3. The molecule has 0 spiro atoms. The molecule has 92 valence electrons. The van der Waals surface area contributed by atoms with Gasteiger partial charge in [-0.25, -0.2) is 0 Å². The van der Waals surface area contributed by atoms with Crippen LogP contribution in [-0.4, -0.2) is 23.7 Å². The smallest absolute Gasteiger partial charge is 0.303 e. The molecule has 4 nitrogen and oxygen atoms in total. The molecule has 0 fully saturated rings. The Hall–Kier alpha value is -1.55. The van der Waals surface area contributed by atoms with Gasteiger partial charge in [0.05, 0.1) is 0 Å². The molecule has 1 atom stereocenters. The highest BCUT2D eigenvalue weighted by Crippen LogP contribution is 2.28. The molecule has 3 N–H and O–H groups in total. The Balaban J connectivity index is 2.07. The molecule has 0 saturated heterocycles.